The molecule has 0 bridgehead atoms. The Balaban J connectivity index is 1.87. The van der Waals surface area contributed by atoms with Gasteiger partial charge in [0, 0.05) is 28.4 Å². The predicted octanol–water partition coefficient (Wildman–Crippen LogP) is 5.88. The number of para-hydroxylation sites is 1. The first kappa shape index (κ1) is 14.8. The van der Waals surface area contributed by atoms with Crippen molar-refractivity contribution in [3.8, 4) is 16.9 Å². The minimum absolute atomic E-state index is 0.696. The highest BCUT2D eigenvalue weighted by Crippen LogP contribution is 2.33. The van der Waals surface area contributed by atoms with E-state index in [1.807, 2.05) is 19.1 Å². The van der Waals surface area contributed by atoms with Crippen molar-refractivity contribution in [3.05, 3.63) is 66.7 Å². The van der Waals surface area contributed by atoms with Gasteiger partial charge in [-0.3, -0.25) is 0 Å². The molecular weight excluding hydrogens is 294 g/mol. The van der Waals surface area contributed by atoms with E-state index in [-0.39, 0.29) is 0 Å². The van der Waals surface area contributed by atoms with Crippen LogP contribution in [0, 0.1) is 0 Å². The Morgan fingerprint density at radius 3 is 2.21 bits per heavy atom. The van der Waals surface area contributed by atoms with Gasteiger partial charge in [-0.2, -0.15) is 0 Å². The van der Waals surface area contributed by atoms with Gasteiger partial charge in [0.25, 0.3) is 0 Å². The standard InChI is InChI=1S/C22H21NO/c1-3-23-21-8-6-5-7-19(21)20-15-17(11-14-22(20)23)16-9-12-18(13-10-16)24-4-2/h5-15H,3-4H2,1-2H3. The summed E-state index contributed by atoms with van der Waals surface area (Å²) in [7, 11) is 0. The Kier molecular flexibility index (Phi) is 3.73. The lowest BCUT2D eigenvalue weighted by Gasteiger charge is -2.07. The zero-order chi connectivity index (χ0) is 16.5. The van der Waals surface area contributed by atoms with E-state index in [0.29, 0.717) is 6.61 Å². The zero-order valence-corrected chi connectivity index (χ0v) is 14.1. The molecule has 4 aromatic rings. The van der Waals surface area contributed by atoms with Crippen molar-refractivity contribution < 1.29 is 4.74 Å². The Morgan fingerprint density at radius 1 is 0.750 bits per heavy atom. The van der Waals surface area contributed by atoms with Gasteiger partial charge in [0.05, 0.1) is 6.61 Å². The number of rotatable bonds is 4. The molecule has 0 saturated carbocycles. The van der Waals surface area contributed by atoms with Crippen LogP contribution in [0.15, 0.2) is 66.7 Å². The number of benzene rings is 3. The second-order valence-electron chi connectivity index (χ2n) is 5.95. The second kappa shape index (κ2) is 6.04. The minimum atomic E-state index is 0.696. The summed E-state index contributed by atoms with van der Waals surface area (Å²) in [6, 6.07) is 23.7. The van der Waals surface area contributed by atoms with Gasteiger partial charge in [0.2, 0.25) is 0 Å². The van der Waals surface area contributed by atoms with E-state index in [4.69, 9.17) is 4.74 Å². The first-order valence-corrected chi connectivity index (χ1v) is 8.56. The van der Waals surface area contributed by atoms with Crippen LogP contribution in [0.4, 0.5) is 0 Å². The molecule has 0 spiro atoms. The monoisotopic (exact) mass is 315 g/mol. The second-order valence-corrected chi connectivity index (χ2v) is 5.95. The molecule has 0 aliphatic rings. The number of nitrogens with zero attached hydrogens (tertiary/aromatic N) is 1. The van der Waals surface area contributed by atoms with Crippen molar-refractivity contribution in [1.29, 1.82) is 0 Å². The maximum absolute atomic E-state index is 5.54. The van der Waals surface area contributed by atoms with E-state index in [9.17, 15) is 0 Å². The van der Waals surface area contributed by atoms with Crippen LogP contribution in [0.2, 0.25) is 0 Å². The smallest absolute Gasteiger partial charge is 0.119 e. The summed E-state index contributed by atoms with van der Waals surface area (Å²) in [5.41, 5.74) is 5.06. The molecule has 0 radical (unpaired) electrons. The molecule has 2 heteroatoms. The highest BCUT2D eigenvalue weighted by Gasteiger charge is 2.10. The molecule has 0 unspecified atom stereocenters. The first-order chi connectivity index (χ1) is 11.8. The van der Waals surface area contributed by atoms with Gasteiger partial charge in [-0.15, -0.1) is 0 Å². The van der Waals surface area contributed by atoms with Crippen LogP contribution in [0.3, 0.4) is 0 Å². The van der Waals surface area contributed by atoms with Gasteiger partial charge in [-0.1, -0.05) is 36.4 Å². The molecule has 0 N–H and O–H groups in total. The zero-order valence-electron chi connectivity index (χ0n) is 14.1. The molecule has 3 aromatic carbocycles. The molecule has 0 saturated heterocycles. The maximum Gasteiger partial charge on any atom is 0.119 e. The van der Waals surface area contributed by atoms with Gasteiger partial charge >= 0.3 is 0 Å². The average Bonchev–Trinajstić information content (AvgIpc) is 2.95. The lowest BCUT2D eigenvalue weighted by atomic mass is 10.0. The summed E-state index contributed by atoms with van der Waals surface area (Å²) in [6.45, 7) is 5.88. The molecular formula is C22H21NO. The molecule has 0 amide bonds. The highest BCUT2D eigenvalue weighted by atomic mass is 16.5. The molecule has 2 nitrogen and oxygen atoms in total. The molecule has 24 heavy (non-hydrogen) atoms. The summed E-state index contributed by atoms with van der Waals surface area (Å²) >= 11 is 0. The minimum Gasteiger partial charge on any atom is -0.494 e. The largest absolute Gasteiger partial charge is 0.494 e. The first-order valence-electron chi connectivity index (χ1n) is 8.56. The van der Waals surface area contributed by atoms with Gasteiger partial charge in [0.15, 0.2) is 0 Å². The van der Waals surface area contributed by atoms with Gasteiger partial charge in [-0.25, -0.2) is 0 Å². The fourth-order valence-electron chi connectivity index (χ4n) is 3.48. The van der Waals surface area contributed by atoms with E-state index in [1.165, 1.54) is 32.9 Å². The highest BCUT2D eigenvalue weighted by molar-refractivity contribution is 6.09. The number of aryl methyl sites for hydroxylation is 1. The van der Waals surface area contributed by atoms with Crippen LogP contribution in [-0.4, -0.2) is 11.2 Å². The van der Waals surface area contributed by atoms with Gasteiger partial charge in [-0.05, 0) is 55.3 Å². The van der Waals surface area contributed by atoms with Crippen molar-refractivity contribution in [2.75, 3.05) is 6.61 Å². The summed E-state index contributed by atoms with van der Waals surface area (Å²) in [6.07, 6.45) is 0. The fourth-order valence-corrected chi connectivity index (χ4v) is 3.48. The third-order valence-corrected chi connectivity index (χ3v) is 4.59. The third-order valence-electron chi connectivity index (χ3n) is 4.59. The summed E-state index contributed by atoms with van der Waals surface area (Å²) < 4.78 is 7.92. The van der Waals surface area contributed by atoms with Crippen molar-refractivity contribution in [2.45, 2.75) is 20.4 Å². The van der Waals surface area contributed by atoms with Crippen molar-refractivity contribution in [3.63, 3.8) is 0 Å². The Hall–Kier alpha value is -2.74. The summed E-state index contributed by atoms with van der Waals surface area (Å²) in [5, 5.41) is 2.64. The molecule has 0 aliphatic heterocycles. The van der Waals surface area contributed by atoms with E-state index in [2.05, 4.69) is 66.1 Å². The lowest BCUT2D eigenvalue weighted by Crippen LogP contribution is -1.92. The number of ether oxygens (including phenoxy) is 1. The van der Waals surface area contributed by atoms with E-state index in [1.54, 1.807) is 0 Å². The Labute approximate surface area is 142 Å². The molecule has 0 aliphatic carbocycles. The Bertz CT molecular complexity index is 996. The molecule has 4 rings (SSSR count). The topological polar surface area (TPSA) is 14.2 Å². The van der Waals surface area contributed by atoms with Crippen LogP contribution in [0.5, 0.6) is 5.75 Å². The number of hydrogen-bond acceptors (Lipinski definition) is 1. The maximum atomic E-state index is 5.54. The van der Waals surface area contributed by atoms with Crippen LogP contribution in [-0.2, 0) is 6.54 Å². The number of fused-ring (bicyclic) bond motifs is 3. The lowest BCUT2D eigenvalue weighted by molar-refractivity contribution is 0.340. The van der Waals surface area contributed by atoms with E-state index < -0.39 is 0 Å². The quantitative estimate of drug-likeness (QED) is 0.458. The normalized spacial score (nSPS) is 11.2. The van der Waals surface area contributed by atoms with Crippen LogP contribution in [0.1, 0.15) is 13.8 Å². The van der Waals surface area contributed by atoms with Crippen LogP contribution in [0.25, 0.3) is 32.9 Å². The van der Waals surface area contributed by atoms with E-state index >= 15 is 0 Å². The SMILES string of the molecule is CCOc1ccc(-c2ccc3c(c2)c2ccccc2n3CC)cc1. The molecule has 1 aromatic heterocycles. The predicted molar refractivity (Wildman–Crippen MR) is 102 cm³/mol. The van der Waals surface area contributed by atoms with Crippen LogP contribution < -0.4 is 4.74 Å². The summed E-state index contributed by atoms with van der Waals surface area (Å²) in [5.74, 6) is 0.921. The van der Waals surface area contributed by atoms with Crippen LogP contribution >= 0.6 is 0 Å². The van der Waals surface area contributed by atoms with E-state index in [0.717, 1.165) is 12.3 Å². The fraction of sp³-hybridized carbons (Fsp3) is 0.182. The van der Waals surface area contributed by atoms with Crippen molar-refractivity contribution >= 4 is 21.8 Å². The van der Waals surface area contributed by atoms with Gasteiger partial charge in [0.1, 0.15) is 5.75 Å². The van der Waals surface area contributed by atoms with Gasteiger partial charge < -0.3 is 9.30 Å². The summed E-state index contributed by atoms with van der Waals surface area (Å²) in [4.78, 5) is 0. The molecule has 1 heterocycles. The van der Waals surface area contributed by atoms with Crippen molar-refractivity contribution in [1.82, 2.24) is 4.57 Å². The van der Waals surface area contributed by atoms with Crippen molar-refractivity contribution in [2.24, 2.45) is 0 Å². The molecule has 0 fully saturated rings. The molecule has 120 valence electrons. The number of aromatic nitrogens is 1. The Morgan fingerprint density at radius 2 is 1.46 bits per heavy atom. The number of hydrogen-bond donors (Lipinski definition) is 0. The average molecular weight is 315 g/mol. The molecule has 0 atom stereocenters. The third kappa shape index (κ3) is 2.35.